The fourth-order valence-electron chi connectivity index (χ4n) is 1.03. The molecule has 0 aliphatic rings. The molecule has 0 spiro atoms. The Morgan fingerprint density at radius 1 is 1.85 bits per heavy atom. The molecule has 1 heterocycles. The molecule has 0 saturated carbocycles. The SMILES string of the molecule is CCC(OS(=O)[O-])c1ccn(C)n1. The monoisotopic (exact) mass is 203 g/mol. The standard InChI is InChI=1S/C7H12N2O3S/c1-3-7(12-13(10)11)6-4-5-9(2)8-6/h4-5,7H,3H2,1-2H3,(H,10,11)/p-1. The summed E-state index contributed by atoms with van der Waals surface area (Å²) in [5.41, 5.74) is 0.634. The van der Waals surface area contributed by atoms with Crippen LogP contribution in [0.15, 0.2) is 12.3 Å². The Hall–Kier alpha value is -0.720. The zero-order valence-corrected chi connectivity index (χ0v) is 8.28. The summed E-state index contributed by atoms with van der Waals surface area (Å²) in [6, 6.07) is 1.74. The van der Waals surface area contributed by atoms with Gasteiger partial charge in [0, 0.05) is 13.2 Å². The van der Waals surface area contributed by atoms with Crippen molar-refractivity contribution in [3.63, 3.8) is 0 Å². The van der Waals surface area contributed by atoms with Gasteiger partial charge in [-0.05, 0) is 12.5 Å². The van der Waals surface area contributed by atoms with E-state index in [1.807, 2.05) is 6.92 Å². The minimum absolute atomic E-state index is 0.473. The van der Waals surface area contributed by atoms with Gasteiger partial charge in [0.1, 0.15) is 6.10 Å². The van der Waals surface area contributed by atoms with E-state index in [9.17, 15) is 8.76 Å². The second-order valence-corrected chi connectivity index (χ2v) is 3.21. The van der Waals surface area contributed by atoms with Gasteiger partial charge in [-0.1, -0.05) is 6.92 Å². The minimum atomic E-state index is -2.49. The smallest absolute Gasteiger partial charge is 0.117 e. The highest BCUT2D eigenvalue weighted by molar-refractivity contribution is 7.74. The lowest BCUT2D eigenvalue weighted by Gasteiger charge is -2.14. The van der Waals surface area contributed by atoms with Gasteiger partial charge in [-0.25, -0.2) is 4.21 Å². The van der Waals surface area contributed by atoms with Crippen molar-refractivity contribution in [2.24, 2.45) is 7.05 Å². The number of hydrogen-bond donors (Lipinski definition) is 0. The maximum Gasteiger partial charge on any atom is 0.117 e. The van der Waals surface area contributed by atoms with E-state index in [0.29, 0.717) is 12.1 Å². The van der Waals surface area contributed by atoms with Gasteiger partial charge in [0.25, 0.3) is 0 Å². The highest BCUT2D eigenvalue weighted by Gasteiger charge is 2.12. The molecule has 0 amide bonds. The summed E-state index contributed by atoms with van der Waals surface area (Å²) in [4.78, 5) is 0. The molecular weight excluding hydrogens is 192 g/mol. The summed E-state index contributed by atoms with van der Waals surface area (Å²) >= 11 is -2.49. The van der Waals surface area contributed by atoms with Crippen molar-refractivity contribution >= 4 is 11.4 Å². The molecule has 1 aromatic heterocycles. The summed E-state index contributed by atoms with van der Waals surface area (Å²) < 4.78 is 26.8. The van der Waals surface area contributed by atoms with E-state index >= 15 is 0 Å². The van der Waals surface area contributed by atoms with Crippen molar-refractivity contribution in [1.29, 1.82) is 0 Å². The first-order valence-corrected chi connectivity index (χ1v) is 4.89. The number of rotatable bonds is 4. The predicted molar refractivity (Wildman–Crippen MR) is 46.2 cm³/mol. The van der Waals surface area contributed by atoms with Crippen molar-refractivity contribution in [3.8, 4) is 0 Å². The molecule has 0 radical (unpaired) electrons. The summed E-state index contributed by atoms with van der Waals surface area (Å²) in [5.74, 6) is 0. The van der Waals surface area contributed by atoms with Gasteiger partial charge in [-0.3, -0.25) is 8.86 Å². The molecule has 2 unspecified atom stereocenters. The molecule has 5 nitrogen and oxygen atoms in total. The van der Waals surface area contributed by atoms with Crippen molar-refractivity contribution in [3.05, 3.63) is 18.0 Å². The van der Waals surface area contributed by atoms with E-state index in [1.165, 1.54) is 0 Å². The maximum atomic E-state index is 10.3. The largest absolute Gasteiger partial charge is 0.750 e. The molecule has 74 valence electrons. The Bertz CT molecular complexity index is 300. The summed E-state index contributed by atoms with van der Waals surface area (Å²) in [7, 11) is 1.77. The van der Waals surface area contributed by atoms with Crippen molar-refractivity contribution in [2.75, 3.05) is 0 Å². The van der Waals surface area contributed by atoms with Crippen LogP contribution in [-0.2, 0) is 22.6 Å². The quantitative estimate of drug-likeness (QED) is 0.675. The average molecular weight is 203 g/mol. The molecule has 0 aromatic carbocycles. The van der Waals surface area contributed by atoms with Crippen LogP contribution in [0, 0.1) is 0 Å². The number of aryl methyl sites for hydroxylation is 1. The lowest BCUT2D eigenvalue weighted by molar-refractivity contribution is 0.195. The molecular formula is C7H11N2O3S-. The Morgan fingerprint density at radius 3 is 2.92 bits per heavy atom. The highest BCUT2D eigenvalue weighted by Crippen LogP contribution is 2.19. The average Bonchev–Trinajstić information content (AvgIpc) is 2.47. The zero-order chi connectivity index (χ0) is 9.84. The zero-order valence-electron chi connectivity index (χ0n) is 7.47. The Balaban J connectivity index is 2.72. The molecule has 6 heteroatoms. The maximum absolute atomic E-state index is 10.3. The van der Waals surface area contributed by atoms with Gasteiger partial charge in [0.05, 0.1) is 17.1 Å². The summed E-state index contributed by atoms with van der Waals surface area (Å²) in [6.45, 7) is 1.84. The van der Waals surface area contributed by atoms with Crippen LogP contribution >= 0.6 is 0 Å². The van der Waals surface area contributed by atoms with Crippen molar-refractivity contribution < 1.29 is 12.9 Å². The molecule has 0 aliphatic heterocycles. The molecule has 2 atom stereocenters. The summed E-state index contributed by atoms with van der Waals surface area (Å²) in [5, 5.41) is 4.05. The van der Waals surface area contributed by atoms with Crippen LogP contribution < -0.4 is 0 Å². The van der Waals surface area contributed by atoms with Crippen LogP contribution in [0.25, 0.3) is 0 Å². The van der Waals surface area contributed by atoms with Crippen LogP contribution in [0.1, 0.15) is 25.1 Å². The van der Waals surface area contributed by atoms with Gasteiger partial charge < -0.3 is 4.55 Å². The highest BCUT2D eigenvalue weighted by atomic mass is 32.2. The molecule has 0 N–H and O–H groups in total. The second kappa shape index (κ2) is 4.50. The number of nitrogens with zero attached hydrogens (tertiary/aromatic N) is 2. The van der Waals surface area contributed by atoms with E-state index in [1.54, 1.807) is 24.0 Å². The normalized spacial score (nSPS) is 15.6. The predicted octanol–water partition coefficient (Wildman–Crippen LogP) is 0.682. The first kappa shape index (κ1) is 10.4. The third kappa shape index (κ3) is 2.91. The molecule has 1 aromatic rings. The Kier molecular flexibility index (Phi) is 3.58. The molecule has 0 aliphatic carbocycles. The third-order valence-corrected chi connectivity index (χ3v) is 2.02. The van der Waals surface area contributed by atoms with Gasteiger partial charge in [-0.15, -0.1) is 0 Å². The van der Waals surface area contributed by atoms with Gasteiger partial charge in [0.15, 0.2) is 0 Å². The molecule has 0 bridgehead atoms. The lowest BCUT2D eigenvalue weighted by atomic mass is 10.2. The molecule has 13 heavy (non-hydrogen) atoms. The van der Waals surface area contributed by atoms with Crippen LogP contribution in [0.3, 0.4) is 0 Å². The van der Waals surface area contributed by atoms with Gasteiger partial charge >= 0.3 is 0 Å². The van der Waals surface area contributed by atoms with Crippen LogP contribution in [0.2, 0.25) is 0 Å². The first-order chi connectivity index (χ1) is 6.13. The van der Waals surface area contributed by atoms with Crippen LogP contribution in [0.4, 0.5) is 0 Å². The Labute approximate surface area is 79.2 Å². The van der Waals surface area contributed by atoms with Crippen molar-refractivity contribution in [1.82, 2.24) is 9.78 Å². The molecule has 1 rings (SSSR count). The van der Waals surface area contributed by atoms with E-state index in [-0.39, 0.29) is 0 Å². The topological polar surface area (TPSA) is 67.2 Å². The van der Waals surface area contributed by atoms with Crippen LogP contribution in [0.5, 0.6) is 0 Å². The Morgan fingerprint density at radius 2 is 2.54 bits per heavy atom. The van der Waals surface area contributed by atoms with Gasteiger partial charge in [-0.2, -0.15) is 5.10 Å². The molecule has 0 saturated heterocycles. The first-order valence-electron chi connectivity index (χ1n) is 3.89. The van der Waals surface area contributed by atoms with E-state index in [2.05, 4.69) is 9.28 Å². The third-order valence-electron chi connectivity index (χ3n) is 1.63. The minimum Gasteiger partial charge on any atom is -0.750 e. The van der Waals surface area contributed by atoms with E-state index in [4.69, 9.17) is 0 Å². The summed E-state index contributed by atoms with van der Waals surface area (Å²) in [6.07, 6.45) is 1.85. The second-order valence-electron chi connectivity index (χ2n) is 2.61. The number of aromatic nitrogens is 2. The number of hydrogen-bond acceptors (Lipinski definition) is 4. The molecule has 0 fully saturated rings. The van der Waals surface area contributed by atoms with E-state index < -0.39 is 17.5 Å². The van der Waals surface area contributed by atoms with Crippen molar-refractivity contribution in [2.45, 2.75) is 19.4 Å². The lowest BCUT2D eigenvalue weighted by Crippen LogP contribution is -2.06. The van der Waals surface area contributed by atoms with Crippen LogP contribution in [-0.4, -0.2) is 18.5 Å². The van der Waals surface area contributed by atoms with E-state index in [0.717, 1.165) is 0 Å². The fourth-order valence-corrected chi connectivity index (χ4v) is 1.45. The van der Waals surface area contributed by atoms with Gasteiger partial charge in [0.2, 0.25) is 0 Å². The fraction of sp³-hybridized carbons (Fsp3) is 0.571.